The van der Waals surface area contributed by atoms with Gasteiger partial charge in [-0.15, -0.1) is 0 Å². The monoisotopic (exact) mass is 580 g/mol. The second-order valence-corrected chi connectivity index (χ2v) is 11.7. The minimum atomic E-state index is -1.07. The quantitative estimate of drug-likeness (QED) is 0.437. The van der Waals surface area contributed by atoms with Crippen molar-refractivity contribution >= 4 is 35.4 Å². The molecular formula is C32H41ClN4O4. The van der Waals surface area contributed by atoms with E-state index in [0.717, 1.165) is 29.7 Å². The molecule has 0 aromatic heterocycles. The Morgan fingerprint density at radius 3 is 2.54 bits per heavy atom. The Hall–Kier alpha value is -3.36. The number of carbonyl (C=O) groups is 3. The zero-order valence-corrected chi connectivity index (χ0v) is 24.6. The van der Waals surface area contributed by atoms with Crippen molar-refractivity contribution in [1.29, 1.82) is 0 Å². The van der Waals surface area contributed by atoms with Gasteiger partial charge in [0.25, 0.3) is 0 Å². The Morgan fingerprint density at radius 1 is 1.00 bits per heavy atom. The molecular weight excluding hydrogens is 540 g/mol. The van der Waals surface area contributed by atoms with Gasteiger partial charge in [-0.2, -0.15) is 0 Å². The molecule has 4 rings (SSSR count). The molecule has 4 N–H and O–H groups in total. The van der Waals surface area contributed by atoms with Crippen LogP contribution in [-0.4, -0.2) is 55.0 Å². The van der Waals surface area contributed by atoms with E-state index in [0.29, 0.717) is 37.4 Å². The van der Waals surface area contributed by atoms with E-state index in [9.17, 15) is 14.4 Å². The van der Waals surface area contributed by atoms with Crippen LogP contribution in [0.2, 0.25) is 5.02 Å². The highest BCUT2D eigenvalue weighted by Crippen LogP contribution is 2.31. The Morgan fingerprint density at radius 2 is 1.78 bits per heavy atom. The Balaban J connectivity index is 1.63. The fourth-order valence-corrected chi connectivity index (χ4v) is 5.70. The summed E-state index contributed by atoms with van der Waals surface area (Å²) in [7, 11) is 0. The molecule has 1 fully saturated rings. The number of carbonyl (C=O) groups excluding carboxylic acids is 3. The summed E-state index contributed by atoms with van der Waals surface area (Å²) in [5.41, 5.74) is 0.639. The van der Waals surface area contributed by atoms with Gasteiger partial charge in [0.15, 0.2) is 0 Å². The maximum atomic E-state index is 13.9. The number of halogens is 1. The fraction of sp³-hybridized carbons (Fsp3) is 0.469. The second kappa shape index (κ2) is 14.5. The van der Waals surface area contributed by atoms with Crippen LogP contribution < -0.4 is 26.0 Å². The van der Waals surface area contributed by atoms with Crippen molar-refractivity contribution in [3.63, 3.8) is 0 Å². The van der Waals surface area contributed by atoms with Crippen molar-refractivity contribution in [3.05, 3.63) is 70.8 Å². The van der Waals surface area contributed by atoms with Crippen molar-refractivity contribution in [2.75, 3.05) is 19.7 Å². The van der Waals surface area contributed by atoms with Crippen LogP contribution >= 0.6 is 11.6 Å². The van der Waals surface area contributed by atoms with E-state index in [-0.39, 0.29) is 36.6 Å². The van der Waals surface area contributed by atoms with E-state index in [4.69, 9.17) is 16.3 Å². The molecule has 8 nitrogen and oxygen atoms in total. The van der Waals surface area contributed by atoms with Gasteiger partial charge >= 0.3 is 0 Å². The number of benzene rings is 2. The summed E-state index contributed by atoms with van der Waals surface area (Å²) >= 11 is 6.21. The van der Waals surface area contributed by atoms with Crippen LogP contribution in [0.15, 0.2) is 54.6 Å². The van der Waals surface area contributed by atoms with Crippen molar-refractivity contribution in [2.45, 2.75) is 70.0 Å². The number of hydrogen-bond acceptors (Lipinski definition) is 5. The zero-order valence-electron chi connectivity index (χ0n) is 23.9. The fourth-order valence-electron chi connectivity index (χ4n) is 5.48. The molecule has 2 aromatic carbocycles. The van der Waals surface area contributed by atoms with Gasteiger partial charge < -0.3 is 26.0 Å². The highest BCUT2D eigenvalue weighted by Gasteiger charge is 2.44. The Bertz CT molecular complexity index is 1240. The molecule has 1 heterocycles. The summed E-state index contributed by atoms with van der Waals surface area (Å²) in [5.74, 6) is 0.132. The van der Waals surface area contributed by atoms with Crippen molar-refractivity contribution in [2.24, 2.45) is 5.92 Å². The topological polar surface area (TPSA) is 109 Å². The highest BCUT2D eigenvalue weighted by atomic mass is 35.5. The van der Waals surface area contributed by atoms with Crippen LogP contribution in [0.3, 0.4) is 0 Å². The molecule has 1 aliphatic heterocycles. The first-order valence-corrected chi connectivity index (χ1v) is 14.9. The predicted molar refractivity (Wildman–Crippen MR) is 162 cm³/mol. The number of fused-ring (bicyclic) bond motifs is 1. The number of ether oxygens (including phenoxy) is 1. The molecule has 2 aromatic rings. The average molecular weight is 581 g/mol. The van der Waals surface area contributed by atoms with Crippen molar-refractivity contribution in [1.82, 2.24) is 21.3 Å². The standard InChI is InChI=1S/C32H41ClN4O4/c1-22(2)19-26-30(39)37-32(14-5-6-15-32)31(40)36-27(21-23-9-7-12-25(33)20-23)29(38)35-16-8-11-24-10-3-4-13-28(24)41-18-17-34-26/h3-4,7-13,20,22,26-27,34H,5-6,14-19,21H2,1-2H3,(H,35,38)(H,36,40)(H,37,39)/b11-8+/t26-,27-/m0/s1. The molecule has 0 unspecified atom stereocenters. The summed E-state index contributed by atoms with van der Waals surface area (Å²) in [5, 5.41) is 12.9. The van der Waals surface area contributed by atoms with Gasteiger partial charge in [0, 0.05) is 30.1 Å². The lowest BCUT2D eigenvalue weighted by atomic mass is 9.93. The number of para-hydroxylation sites is 1. The van der Waals surface area contributed by atoms with Crippen LogP contribution in [-0.2, 0) is 20.8 Å². The predicted octanol–water partition coefficient (Wildman–Crippen LogP) is 4.02. The zero-order chi connectivity index (χ0) is 29.2. The summed E-state index contributed by atoms with van der Waals surface area (Å²) in [6, 6.07) is 13.6. The lowest BCUT2D eigenvalue weighted by molar-refractivity contribution is -0.136. The molecule has 2 aliphatic rings. The van der Waals surface area contributed by atoms with E-state index in [2.05, 4.69) is 35.1 Å². The molecule has 0 bridgehead atoms. The Kier molecular flexibility index (Phi) is 10.8. The van der Waals surface area contributed by atoms with Gasteiger partial charge in [-0.1, -0.05) is 80.8 Å². The second-order valence-electron chi connectivity index (χ2n) is 11.3. The van der Waals surface area contributed by atoms with E-state index in [1.54, 1.807) is 12.1 Å². The molecule has 1 saturated carbocycles. The Labute approximate surface area is 247 Å². The first-order chi connectivity index (χ1) is 19.8. The first kappa shape index (κ1) is 30.6. The number of nitrogens with one attached hydrogen (secondary N) is 4. The third-order valence-electron chi connectivity index (χ3n) is 7.59. The lowest BCUT2D eigenvalue weighted by Gasteiger charge is -2.33. The largest absolute Gasteiger partial charge is 0.492 e. The molecule has 0 radical (unpaired) electrons. The summed E-state index contributed by atoms with van der Waals surface area (Å²) in [6.45, 7) is 5.25. The maximum absolute atomic E-state index is 13.9. The lowest BCUT2D eigenvalue weighted by Crippen LogP contribution is -2.63. The third-order valence-corrected chi connectivity index (χ3v) is 7.82. The first-order valence-electron chi connectivity index (χ1n) is 14.5. The number of rotatable bonds is 4. The summed E-state index contributed by atoms with van der Waals surface area (Å²) in [6.07, 6.45) is 7.32. The maximum Gasteiger partial charge on any atom is 0.246 e. The molecule has 0 saturated heterocycles. The minimum absolute atomic E-state index is 0.212. The van der Waals surface area contributed by atoms with Gasteiger partial charge in [0.05, 0.1) is 6.04 Å². The molecule has 41 heavy (non-hydrogen) atoms. The minimum Gasteiger partial charge on any atom is -0.492 e. The van der Waals surface area contributed by atoms with Crippen LogP contribution in [0.4, 0.5) is 0 Å². The number of hydrogen-bond donors (Lipinski definition) is 4. The van der Waals surface area contributed by atoms with Crippen LogP contribution in [0.1, 0.15) is 57.1 Å². The molecule has 1 aliphatic carbocycles. The van der Waals surface area contributed by atoms with Gasteiger partial charge in [0.2, 0.25) is 17.7 Å². The number of amides is 3. The molecule has 220 valence electrons. The molecule has 2 atom stereocenters. The van der Waals surface area contributed by atoms with Gasteiger partial charge in [-0.3, -0.25) is 14.4 Å². The van der Waals surface area contributed by atoms with Gasteiger partial charge in [0.1, 0.15) is 23.9 Å². The normalized spacial score (nSPS) is 23.0. The SMILES string of the molecule is CC(C)C[C@@H]1NCCOc2ccccc2/C=C/CNC(=O)[C@H](Cc2cccc(Cl)c2)NC(=O)C2(CCCC2)NC1=O. The summed E-state index contributed by atoms with van der Waals surface area (Å²) in [4.78, 5) is 40.9. The van der Waals surface area contributed by atoms with Crippen molar-refractivity contribution in [3.8, 4) is 5.75 Å². The van der Waals surface area contributed by atoms with E-state index in [1.807, 2.05) is 48.6 Å². The van der Waals surface area contributed by atoms with Crippen molar-refractivity contribution < 1.29 is 19.1 Å². The summed E-state index contributed by atoms with van der Waals surface area (Å²) < 4.78 is 6.04. The average Bonchev–Trinajstić information content (AvgIpc) is 3.42. The van der Waals surface area contributed by atoms with Crippen LogP contribution in [0.5, 0.6) is 5.75 Å². The molecule has 9 heteroatoms. The van der Waals surface area contributed by atoms with Gasteiger partial charge in [-0.25, -0.2) is 0 Å². The third kappa shape index (κ3) is 8.57. The van der Waals surface area contributed by atoms with E-state index < -0.39 is 17.6 Å². The van der Waals surface area contributed by atoms with E-state index >= 15 is 0 Å². The molecule has 3 amide bonds. The van der Waals surface area contributed by atoms with Gasteiger partial charge in [-0.05, 0) is 48.9 Å². The van der Waals surface area contributed by atoms with E-state index in [1.165, 1.54) is 0 Å². The smallest absolute Gasteiger partial charge is 0.246 e. The van der Waals surface area contributed by atoms with Crippen LogP contribution in [0, 0.1) is 5.92 Å². The highest BCUT2D eigenvalue weighted by molar-refractivity contribution is 6.30. The van der Waals surface area contributed by atoms with Crippen LogP contribution in [0.25, 0.3) is 6.08 Å². The molecule has 1 spiro atoms.